The number of nitrogens with one attached hydrogen (secondary N) is 1. The predicted molar refractivity (Wildman–Crippen MR) is 72.5 cm³/mol. The number of aliphatic hydroxyl groups is 1. The van der Waals surface area contributed by atoms with Gasteiger partial charge < -0.3 is 19.9 Å². The number of hydrogen-bond donors (Lipinski definition) is 2. The summed E-state index contributed by atoms with van der Waals surface area (Å²) in [6.45, 7) is 5.21. The molecule has 0 atom stereocenters. The summed E-state index contributed by atoms with van der Waals surface area (Å²) in [5.74, 6) is 1.11. The highest BCUT2D eigenvalue weighted by molar-refractivity contribution is 6.32. The summed E-state index contributed by atoms with van der Waals surface area (Å²) in [5.41, 5.74) is 0.969. The lowest BCUT2D eigenvalue weighted by molar-refractivity contribution is 0.292. The minimum absolute atomic E-state index is 0.103. The number of methoxy groups -OCH3 is 1. The molecule has 0 aromatic heterocycles. The van der Waals surface area contributed by atoms with Crippen LogP contribution in [0.2, 0.25) is 5.02 Å². The van der Waals surface area contributed by atoms with E-state index in [2.05, 4.69) is 11.9 Å². The molecule has 0 amide bonds. The van der Waals surface area contributed by atoms with Crippen molar-refractivity contribution in [2.75, 3.05) is 26.9 Å². The van der Waals surface area contributed by atoms with Gasteiger partial charge in [-0.05, 0) is 17.7 Å². The van der Waals surface area contributed by atoms with E-state index >= 15 is 0 Å². The number of ether oxygens (including phenoxy) is 2. The van der Waals surface area contributed by atoms with Crippen LogP contribution in [0.5, 0.6) is 11.5 Å². The maximum atomic E-state index is 8.70. The lowest BCUT2D eigenvalue weighted by atomic mass is 10.2. The average Bonchev–Trinajstić information content (AvgIpc) is 2.37. The van der Waals surface area contributed by atoms with E-state index in [4.69, 9.17) is 26.2 Å². The van der Waals surface area contributed by atoms with Gasteiger partial charge in [0.2, 0.25) is 0 Å². The molecule has 4 nitrogen and oxygen atoms in total. The number of halogens is 1. The van der Waals surface area contributed by atoms with Crippen LogP contribution in [0.15, 0.2) is 24.8 Å². The van der Waals surface area contributed by atoms with Crippen LogP contribution in [-0.2, 0) is 6.54 Å². The van der Waals surface area contributed by atoms with Crippen molar-refractivity contribution in [3.8, 4) is 11.5 Å². The lowest BCUT2D eigenvalue weighted by Crippen LogP contribution is -2.17. The van der Waals surface area contributed by atoms with E-state index in [9.17, 15) is 0 Å². The third kappa shape index (κ3) is 4.22. The summed E-state index contributed by atoms with van der Waals surface area (Å²) < 4.78 is 10.7. The van der Waals surface area contributed by atoms with E-state index in [0.29, 0.717) is 36.2 Å². The van der Waals surface area contributed by atoms with Crippen LogP contribution in [0.4, 0.5) is 0 Å². The van der Waals surface area contributed by atoms with Crippen molar-refractivity contribution < 1.29 is 14.6 Å². The molecule has 0 aliphatic heterocycles. The Bertz CT molecular complexity index is 396. The van der Waals surface area contributed by atoms with Gasteiger partial charge in [0.25, 0.3) is 0 Å². The molecule has 0 saturated heterocycles. The van der Waals surface area contributed by atoms with Gasteiger partial charge in [0.1, 0.15) is 6.61 Å². The lowest BCUT2D eigenvalue weighted by Gasteiger charge is -2.13. The minimum atomic E-state index is 0.103. The van der Waals surface area contributed by atoms with Crippen LogP contribution < -0.4 is 14.8 Å². The first-order valence-electron chi connectivity index (χ1n) is 5.64. The number of aliphatic hydroxyl groups excluding tert-OH is 1. The van der Waals surface area contributed by atoms with Crippen molar-refractivity contribution in [2.24, 2.45) is 0 Å². The maximum absolute atomic E-state index is 8.70. The molecule has 1 aromatic carbocycles. The van der Waals surface area contributed by atoms with Crippen LogP contribution in [-0.4, -0.2) is 32.0 Å². The molecule has 0 saturated carbocycles. The second kappa shape index (κ2) is 7.97. The summed E-state index contributed by atoms with van der Waals surface area (Å²) in [7, 11) is 1.57. The summed E-state index contributed by atoms with van der Waals surface area (Å²) in [4.78, 5) is 0. The third-order valence-corrected chi connectivity index (χ3v) is 2.53. The van der Waals surface area contributed by atoms with Crippen molar-refractivity contribution in [3.63, 3.8) is 0 Å². The van der Waals surface area contributed by atoms with E-state index in [-0.39, 0.29) is 6.61 Å². The fourth-order valence-corrected chi connectivity index (χ4v) is 1.76. The van der Waals surface area contributed by atoms with E-state index in [1.807, 2.05) is 12.1 Å². The van der Waals surface area contributed by atoms with E-state index in [0.717, 1.165) is 5.56 Å². The Balaban J connectivity index is 2.84. The molecule has 18 heavy (non-hydrogen) atoms. The highest BCUT2D eigenvalue weighted by atomic mass is 35.5. The highest BCUT2D eigenvalue weighted by Crippen LogP contribution is 2.36. The van der Waals surface area contributed by atoms with Gasteiger partial charge in [0, 0.05) is 13.1 Å². The van der Waals surface area contributed by atoms with Gasteiger partial charge in [-0.25, -0.2) is 0 Å². The van der Waals surface area contributed by atoms with Crippen molar-refractivity contribution in [1.82, 2.24) is 5.32 Å². The first-order valence-corrected chi connectivity index (χ1v) is 6.02. The van der Waals surface area contributed by atoms with E-state index in [1.54, 1.807) is 13.2 Å². The minimum Gasteiger partial charge on any atom is -0.493 e. The molecule has 0 heterocycles. The molecule has 0 aliphatic rings. The van der Waals surface area contributed by atoms with E-state index in [1.165, 1.54) is 0 Å². The molecule has 100 valence electrons. The number of benzene rings is 1. The molecule has 1 rings (SSSR count). The normalized spacial score (nSPS) is 10.2. The van der Waals surface area contributed by atoms with Gasteiger partial charge >= 0.3 is 0 Å². The smallest absolute Gasteiger partial charge is 0.180 e. The quantitative estimate of drug-likeness (QED) is 0.561. The molecule has 0 bridgehead atoms. The molecular weight excluding hydrogens is 254 g/mol. The molecule has 0 spiro atoms. The largest absolute Gasteiger partial charge is 0.493 e. The molecular formula is C13H18ClNO3. The zero-order valence-electron chi connectivity index (χ0n) is 10.4. The van der Waals surface area contributed by atoms with Gasteiger partial charge in [-0.1, -0.05) is 24.3 Å². The molecule has 0 unspecified atom stereocenters. The Morgan fingerprint density at radius 2 is 2.28 bits per heavy atom. The summed E-state index contributed by atoms with van der Waals surface area (Å²) in [5, 5.41) is 12.3. The van der Waals surface area contributed by atoms with Crippen LogP contribution in [0, 0.1) is 0 Å². The molecule has 0 radical (unpaired) electrons. The molecule has 2 N–H and O–H groups in total. The van der Waals surface area contributed by atoms with Crippen molar-refractivity contribution in [3.05, 3.63) is 35.4 Å². The average molecular weight is 272 g/mol. The standard InChI is InChI=1S/C13H18ClNO3/c1-3-6-18-13-11(14)7-10(8-12(13)17-2)9-15-4-5-16/h3,7-8,15-16H,1,4-6,9H2,2H3. The second-order valence-corrected chi connectivity index (χ2v) is 4.02. The van der Waals surface area contributed by atoms with Gasteiger partial charge in [0.15, 0.2) is 11.5 Å². The number of rotatable bonds is 8. The van der Waals surface area contributed by atoms with Crippen molar-refractivity contribution in [2.45, 2.75) is 6.54 Å². The van der Waals surface area contributed by atoms with Crippen LogP contribution >= 0.6 is 11.6 Å². The molecule has 1 aromatic rings. The Morgan fingerprint density at radius 3 is 2.89 bits per heavy atom. The Morgan fingerprint density at radius 1 is 1.50 bits per heavy atom. The Labute approximate surface area is 112 Å². The fourth-order valence-electron chi connectivity index (χ4n) is 1.47. The topological polar surface area (TPSA) is 50.7 Å². The van der Waals surface area contributed by atoms with Crippen molar-refractivity contribution in [1.29, 1.82) is 0 Å². The molecule has 0 fully saturated rings. The predicted octanol–water partition coefficient (Wildman–Crippen LogP) is 2.00. The third-order valence-electron chi connectivity index (χ3n) is 2.25. The Hall–Kier alpha value is -1.23. The first-order chi connectivity index (χ1) is 8.72. The fraction of sp³-hybridized carbons (Fsp3) is 0.385. The van der Waals surface area contributed by atoms with Crippen molar-refractivity contribution >= 4 is 11.6 Å². The van der Waals surface area contributed by atoms with E-state index < -0.39 is 0 Å². The highest BCUT2D eigenvalue weighted by Gasteiger charge is 2.11. The van der Waals surface area contributed by atoms with Crippen LogP contribution in [0.3, 0.4) is 0 Å². The summed E-state index contributed by atoms with van der Waals surface area (Å²) in [6, 6.07) is 3.67. The summed E-state index contributed by atoms with van der Waals surface area (Å²) >= 11 is 6.15. The number of hydrogen-bond acceptors (Lipinski definition) is 4. The zero-order valence-corrected chi connectivity index (χ0v) is 11.2. The SMILES string of the molecule is C=CCOc1c(Cl)cc(CNCCO)cc1OC. The van der Waals surface area contributed by atoms with Gasteiger partial charge in [-0.15, -0.1) is 0 Å². The molecule has 0 aliphatic carbocycles. The Kier molecular flexibility index (Phi) is 6.57. The van der Waals surface area contributed by atoms with Gasteiger partial charge in [0.05, 0.1) is 18.7 Å². The monoisotopic (exact) mass is 271 g/mol. The first kappa shape index (κ1) is 14.8. The van der Waals surface area contributed by atoms with Gasteiger partial charge in [-0.2, -0.15) is 0 Å². The summed E-state index contributed by atoms with van der Waals surface area (Å²) in [6.07, 6.45) is 1.65. The van der Waals surface area contributed by atoms with Crippen LogP contribution in [0.1, 0.15) is 5.56 Å². The molecule has 5 heteroatoms. The zero-order chi connectivity index (χ0) is 13.4. The van der Waals surface area contributed by atoms with Gasteiger partial charge in [-0.3, -0.25) is 0 Å². The maximum Gasteiger partial charge on any atom is 0.180 e. The second-order valence-electron chi connectivity index (χ2n) is 3.61. The van der Waals surface area contributed by atoms with Crippen LogP contribution in [0.25, 0.3) is 0 Å².